The highest BCUT2D eigenvalue weighted by atomic mass is 19.1. The molecule has 0 radical (unpaired) electrons. The number of rotatable bonds is 4. The maximum atomic E-state index is 13.0. The number of terminal acetylenes is 1. The number of carbonyl (C=O) groups is 1. The van der Waals surface area contributed by atoms with E-state index < -0.39 is 17.9 Å². The zero-order valence-corrected chi connectivity index (χ0v) is 8.74. The fourth-order valence-corrected chi connectivity index (χ4v) is 1.13. The Hall–Kier alpha value is -1.86. The summed E-state index contributed by atoms with van der Waals surface area (Å²) >= 11 is 0. The van der Waals surface area contributed by atoms with E-state index in [1.807, 2.05) is 0 Å². The van der Waals surface area contributed by atoms with Gasteiger partial charge in [-0.05, 0) is 30.7 Å². The molecule has 0 saturated heterocycles. The van der Waals surface area contributed by atoms with Crippen LogP contribution < -0.4 is 0 Å². The van der Waals surface area contributed by atoms with Gasteiger partial charge in [-0.15, -0.1) is 6.42 Å². The zero-order valence-electron chi connectivity index (χ0n) is 8.74. The van der Waals surface area contributed by atoms with Crippen LogP contribution in [0.2, 0.25) is 0 Å². The number of carboxylic acid groups (broad SMARTS) is 1. The second kappa shape index (κ2) is 5.29. The number of aromatic carboxylic acids is 1. The highest BCUT2D eigenvalue weighted by Crippen LogP contribution is 2.11. The van der Waals surface area contributed by atoms with Gasteiger partial charge in [0.2, 0.25) is 0 Å². The minimum atomic E-state index is -1.18. The van der Waals surface area contributed by atoms with E-state index in [-0.39, 0.29) is 12.2 Å². The second-order valence-corrected chi connectivity index (χ2v) is 3.27. The van der Waals surface area contributed by atoms with Gasteiger partial charge in [-0.1, -0.05) is 5.92 Å². The van der Waals surface area contributed by atoms with Crippen LogP contribution >= 0.6 is 0 Å². The Morgan fingerprint density at radius 3 is 2.88 bits per heavy atom. The molecule has 0 fully saturated rings. The Morgan fingerprint density at radius 2 is 2.31 bits per heavy atom. The minimum absolute atomic E-state index is 0.0867. The molecule has 0 spiro atoms. The van der Waals surface area contributed by atoms with Crippen molar-refractivity contribution in [2.75, 3.05) is 0 Å². The van der Waals surface area contributed by atoms with Crippen molar-refractivity contribution in [1.29, 1.82) is 0 Å². The van der Waals surface area contributed by atoms with E-state index in [1.165, 1.54) is 12.1 Å². The zero-order chi connectivity index (χ0) is 12.1. The van der Waals surface area contributed by atoms with Crippen molar-refractivity contribution < 1.29 is 19.0 Å². The van der Waals surface area contributed by atoms with Gasteiger partial charge in [0.15, 0.2) is 0 Å². The lowest BCUT2D eigenvalue weighted by Gasteiger charge is -2.07. The highest BCUT2D eigenvalue weighted by molar-refractivity contribution is 5.87. The molecule has 0 aromatic heterocycles. The molecule has 1 N–H and O–H groups in total. The van der Waals surface area contributed by atoms with Crippen molar-refractivity contribution in [3.63, 3.8) is 0 Å². The molecule has 1 atom stereocenters. The van der Waals surface area contributed by atoms with E-state index in [1.54, 1.807) is 6.92 Å². The molecule has 84 valence electrons. The Balaban J connectivity index is 2.81. The molecule has 0 aliphatic carbocycles. The van der Waals surface area contributed by atoms with Crippen LogP contribution in [-0.2, 0) is 11.3 Å². The fraction of sp³-hybridized carbons (Fsp3) is 0.250. The van der Waals surface area contributed by atoms with Crippen molar-refractivity contribution in [2.24, 2.45) is 0 Å². The van der Waals surface area contributed by atoms with Crippen molar-refractivity contribution in [3.8, 4) is 12.3 Å². The standard InChI is InChI=1S/C12H11FO3/c1-3-8(2)16-7-9-4-10(12(14)15)6-11(13)5-9/h1,4-6,8H,7H2,2H3,(H,14,15). The molecule has 1 aromatic rings. The molecular formula is C12H11FO3. The minimum Gasteiger partial charge on any atom is -0.478 e. The molecule has 1 rings (SSSR count). The predicted molar refractivity (Wildman–Crippen MR) is 56.4 cm³/mol. The summed E-state index contributed by atoms with van der Waals surface area (Å²) in [4.78, 5) is 10.7. The third kappa shape index (κ3) is 3.37. The molecule has 1 unspecified atom stereocenters. The summed E-state index contributed by atoms with van der Waals surface area (Å²) < 4.78 is 18.2. The summed E-state index contributed by atoms with van der Waals surface area (Å²) in [5.74, 6) is 0.575. The first-order chi connectivity index (χ1) is 7.52. The summed E-state index contributed by atoms with van der Waals surface area (Å²) in [5.41, 5.74) is 0.339. The van der Waals surface area contributed by atoms with E-state index in [4.69, 9.17) is 16.3 Å². The lowest BCUT2D eigenvalue weighted by atomic mass is 10.1. The molecule has 0 heterocycles. The fourth-order valence-electron chi connectivity index (χ4n) is 1.13. The SMILES string of the molecule is C#CC(C)OCc1cc(F)cc(C(=O)O)c1. The normalized spacial score (nSPS) is 11.8. The van der Waals surface area contributed by atoms with Crippen molar-refractivity contribution >= 4 is 5.97 Å². The van der Waals surface area contributed by atoms with Crippen molar-refractivity contribution in [2.45, 2.75) is 19.6 Å². The summed E-state index contributed by atoms with van der Waals surface area (Å²) in [6.45, 7) is 1.76. The van der Waals surface area contributed by atoms with Gasteiger partial charge in [-0.2, -0.15) is 0 Å². The maximum absolute atomic E-state index is 13.0. The molecule has 0 aliphatic heterocycles. The van der Waals surface area contributed by atoms with E-state index in [0.29, 0.717) is 5.56 Å². The number of halogens is 1. The topological polar surface area (TPSA) is 46.5 Å². The van der Waals surface area contributed by atoms with E-state index in [2.05, 4.69) is 5.92 Å². The largest absolute Gasteiger partial charge is 0.478 e. The Kier molecular flexibility index (Phi) is 4.03. The first kappa shape index (κ1) is 12.2. The molecular weight excluding hydrogens is 211 g/mol. The highest BCUT2D eigenvalue weighted by Gasteiger charge is 2.07. The average molecular weight is 222 g/mol. The van der Waals surface area contributed by atoms with Crippen LogP contribution in [0.3, 0.4) is 0 Å². The Morgan fingerprint density at radius 1 is 1.62 bits per heavy atom. The number of hydrogen-bond donors (Lipinski definition) is 1. The monoisotopic (exact) mass is 222 g/mol. The number of carboxylic acids is 1. The van der Waals surface area contributed by atoms with Crippen LogP contribution in [0.15, 0.2) is 18.2 Å². The lowest BCUT2D eigenvalue weighted by molar-refractivity contribution is 0.0695. The molecule has 0 bridgehead atoms. The van der Waals surface area contributed by atoms with Crippen molar-refractivity contribution in [3.05, 3.63) is 35.1 Å². The van der Waals surface area contributed by atoms with Gasteiger partial charge in [0.25, 0.3) is 0 Å². The maximum Gasteiger partial charge on any atom is 0.335 e. The molecule has 4 heteroatoms. The van der Waals surface area contributed by atoms with Gasteiger partial charge >= 0.3 is 5.97 Å². The van der Waals surface area contributed by atoms with Crippen LogP contribution in [-0.4, -0.2) is 17.2 Å². The third-order valence-corrected chi connectivity index (χ3v) is 1.94. The van der Waals surface area contributed by atoms with Crippen LogP contribution in [0.1, 0.15) is 22.8 Å². The van der Waals surface area contributed by atoms with Gasteiger partial charge in [-0.25, -0.2) is 9.18 Å². The smallest absolute Gasteiger partial charge is 0.335 e. The first-order valence-electron chi connectivity index (χ1n) is 4.63. The number of hydrogen-bond acceptors (Lipinski definition) is 2. The predicted octanol–water partition coefficient (Wildman–Crippen LogP) is 2.06. The van der Waals surface area contributed by atoms with Crippen molar-refractivity contribution in [1.82, 2.24) is 0 Å². The van der Waals surface area contributed by atoms with Crippen LogP contribution in [0, 0.1) is 18.2 Å². The molecule has 16 heavy (non-hydrogen) atoms. The van der Waals surface area contributed by atoms with Crippen LogP contribution in [0.25, 0.3) is 0 Å². The Bertz CT molecular complexity index is 434. The summed E-state index contributed by atoms with van der Waals surface area (Å²) in [6, 6.07) is 3.53. The summed E-state index contributed by atoms with van der Waals surface area (Å²) in [7, 11) is 0. The van der Waals surface area contributed by atoms with Gasteiger partial charge in [0, 0.05) is 0 Å². The molecule has 3 nitrogen and oxygen atoms in total. The number of benzene rings is 1. The van der Waals surface area contributed by atoms with Gasteiger partial charge in [0.05, 0.1) is 12.2 Å². The number of ether oxygens (including phenoxy) is 1. The molecule has 0 amide bonds. The van der Waals surface area contributed by atoms with E-state index in [0.717, 1.165) is 6.07 Å². The van der Waals surface area contributed by atoms with Crippen LogP contribution in [0.5, 0.6) is 0 Å². The third-order valence-electron chi connectivity index (χ3n) is 1.94. The second-order valence-electron chi connectivity index (χ2n) is 3.27. The van der Waals surface area contributed by atoms with Crippen LogP contribution in [0.4, 0.5) is 4.39 Å². The first-order valence-corrected chi connectivity index (χ1v) is 4.63. The molecule has 0 aliphatic rings. The summed E-state index contributed by atoms with van der Waals surface area (Å²) in [5, 5.41) is 8.72. The quantitative estimate of drug-likeness (QED) is 0.793. The lowest BCUT2D eigenvalue weighted by Crippen LogP contribution is -2.06. The average Bonchev–Trinajstić information content (AvgIpc) is 2.25. The van der Waals surface area contributed by atoms with Gasteiger partial charge in [-0.3, -0.25) is 0 Å². The molecule has 0 saturated carbocycles. The Labute approximate surface area is 92.9 Å². The van der Waals surface area contributed by atoms with E-state index in [9.17, 15) is 9.18 Å². The van der Waals surface area contributed by atoms with E-state index >= 15 is 0 Å². The molecule has 1 aromatic carbocycles. The van der Waals surface area contributed by atoms with Gasteiger partial charge < -0.3 is 9.84 Å². The van der Waals surface area contributed by atoms with Gasteiger partial charge in [0.1, 0.15) is 11.9 Å². The summed E-state index contributed by atoms with van der Waals surface area (Å²) in [6.07, 6.45) is 4.71.